The highest BCUT2D eigenvalue weighted by atomic mass is 35.5. The van der Waals surface area contributed by atoms with Crippen molar-refractivity contribution in [2.45, 2.75) is 31.3 Å². The van der Waals surface area contributed by atoms with Crippen LogP contribution in [0.5, 0.6) is 0 Å². The molecule has 2 aromatic rings. The Hall–Kier alpha value is -1.14. The van der Waals surface area contributed by atoms with Crippen molar-refractivity contribution in [2.75, 3.05) is 0 Å². The number of ether oxygens (including phenoxy) is 1. The van der Waals surface area contributed by atoms with Gasteiger partial charge in [-0.1, -0.05) is 29.3 Å². The van der Waals surface area contributed by atoms with E-state index >= 15 is 0 Å². The van der Waals surface area contributed by atoms with Crippen LogP contribution in [0.1, 0.15) is 18.4 Å². The first-order valence-corrected chi connectivity index (χ1v) is 6.98. The molecule has 2 atom stereocenters. The number of aliphatic hydroxyl groups excluding tert-OH is 1. The van der Waals surface area contributed by atoms with Crippen LogP contribution in [0.15, 0.2) is 30.9 Å². The number of halogens is 2. The van der Waals surface area contributed by atoms with Gasteiger partial charge >= 0.3 is 0 Å². The zero-order valence-corrected chi connectivity index (χ0v) is 12.1. The van der Waals surface area contributed by atoms with E-state index in [9.17, 15) is 5.11 Å². The molecule has 1 saturated heterocycles. The SMILES string of the molecule is OC1CCC(Cn2cncn2)([14c]2[14cH][14cH][14c](Cl)[14cH][14c]2Cl)O1. The minimum Gasteiger partial charge on any atom is -0.368 e. The summed E-state index contributed by atoms with van der Waals surface area (Å²) in [5.74, 6) is 0. The lowest BCUT2D eigenvalue weighted by Gasteiger charge is -2.30. The Bertz CT molecular complexity index is 606. The van der Waals surface area contributed by atoms with Gasteiger partial charge in [0.25, 0.3) is 0 Å². The molecule has 0 spiro atoms. The van der Waals surface area contributed by atoms with Gasteiger partial charge in [0.1, 0.15) is 18.3 Å². The number of nitrogens with zero attached hydrogens (tertiary/aromatic N) is 3. The average molecular weight is 326 g/mol. The molecule has 1 aromatic heterocycles. The lowest BCUT2D eigenvalue weighted by Crippen LogP contribution is -2.32. The van der Waals surface area contributed by atoms with Crippen LogP contribution in [-0.2, 0) is 16.9 Å². The van der Waals surface area contributed by atoms with Crippen molar-refractivity contribution in [3.63, 3.8) is 0 Å². The van der Waals surface area contributed by atoms with Gasteiger partial charge in [0.15, 0.2) is 6.29 Å². The second kappa shape index (κ2) is 5.33. The Kier molecular flexibility index (Phi) is 3.69. The molecule has 1 fully saturated rings. The Morgan fingerprint density at radius 2 is 2.35 bits per heavy atom. The summed E-state index contributed by atoms with van der Waals surface area (Å²) < 4.78 is 7.44. The van der Waals surface area contributed by atoms with E-state index in [0.717, 1.165) is 5.56 Å². The molecule has 20 heavy (non-hydrogen) atoms. The van der Waals surface area contributed by atoms with Crippen LogP contribution >= 0.6 is 23.2 Å². The van der Waals surface area contributed by atoms with Crippen molar-refractivity contribution >= 4 is 23.2 Å². The van der Waals surface area contributed by atoms with E-state index in [1.165, 1.54) is 6.33 Å². The zero-order valence-electron chi connectivity index (χ0n) is 10.5. The monoisotopic (exact) mass is 325 g/mol. The summed E-state index contributed by atoms with van der Waals surface area (Å²) in [4.78, 5) is 3.92. The molecule has 0 radical (unpaired) electrons. The fraction of sp³-hybridized carbons (Fsp3) is 0.385. The van der Waals surface area contributed by atoms with Crippen LogP contribution in [0, 0.1) is 0 Å². The van der Waals surface area contributed by atoms with Crippen molar-refractivity contribution < 1.29 is 9.84 Å². The van der Waals surface area contributed by atoms with Gasteiger partial charge < -0.3 is 9.84 Å². The fourth-order valence-electron chi connectivity index (χ4n) is 2.57. The normalized spacial score (nSPS) is 26.1. The minimum absolute atomic E-state index is 0.436. The van der Waals surface area contributed by atoms with Crippen LogP contribution in [0.2, 0.25) is 10.0 Å². The van der Waals surface area contributed by atoms with Gasteiger partial charge in [-0.05, 0) is 18.6 Å². The van der Waals surface area contributed by atoms with Crippen LogP contribution < -0.4 is 0 Å². The molecule has 1 N–H and O–H groups in total. The molecular formula is C13H13Cl2N3O2. The average Bonchev–Trinajstić information content (AvgIpc) is 3.00. The smallest absolute Gasteiger partial charge is 0.155 e. The summed E-state index contributed by atoms with van der Waals surface area (Å²) in [6, 6.07) is 5.27. The Balaban J connectivity index is 2.01. The van der Waals surface area contributed by atoms with Gasteiger partial charge in [-0.15, -0.1) is 0 Å². The van der Waals surface area contributed by atoms with E-state index in [1.54, 1.807) is 23.1 Å². The van der Waals surface area contributed by atoms with E-state index in [4.69, 9.17) is 27.9 Å². The van der Waals surface area contributed by atoms with Gasteiger partial charge in [0.2, 0.25) is 0 Å². The molecule has 1 aliphatic heterocycles. The maximum Gasteiger partial charge on any atom is 0.155 e. The summed E-state index contributed by atoms with van der Waals surface area (Å²) in [5.41, 5.74) is 0.0880. The predicted octanol–water partition coefficient (Wildman–Crippen LogP) is 2.61. The lowest BCUT2D eigenvalue weighted by molar-refractivity contribution is -0.148. The Labute approximate surface area is 126 Å². The third-order valence-electron chi connectivity index (χ3n) is 3.46. The number of hydrogen-bond donors (Lipinski definition) is 1. The summed E-state index contributed by atoms with van der Waals surface area (Å²) >= 11 is 12.2. The van der Waals surface area contributed by atoms with Crippen LogP contribution in [-0.4, -0.2) is 26.2 Å². The van der Waals surface area contributed by atoms with E-state index < -0.39 is 11.9 Å². The van der Waals surface area contributed by atoms with Crippen molar-refractivity contribution in [1.82, 2.24) is 14.8 Å². The molecule has 0 bridgehead atoms. The first kappa shape index (κ1) is 13.8. The number of hydrogen-bond acceptors (Lipinski definition) is 4. The molecule has 106 valence electrons. The molecule has 7 heteroatoms. The molecule has 3 rings (SSSR count). The maximum atomic E-state index is 9.76. The predicted molar refractivity (Wildman–Crippen MR) is 74.5 cm³/mol. The van der Waals surface area contributed by atoms with Crippen molar-refractivity contribution in [2.24, 2.45) is 0 Å². The van der Waals surface area contributed by atoms with Crippen molar-refractivity contribution in [3.8, 4) is 0 Å². The summed E-state index contributed by atoms with van der Waals surface area (Å²) in [5, 5.41) is 14.9. The highest BCUT2D eigenvalue weighted by Crippen LogP contribution is 2.43. The Morgan fingerprint density at radius 3 is 2.95 bits per heavy atom. The van der Waals surface area contributed by atoms with Crippen LogP contribution in [0.25, 0.3) is 0 Å². The van der Waals surface area contributed by atoms with Crippen LogP contribution in [0.3, 0.4) is 0 Å². The Morgan fingerprint density at radius 1 is 1.50 bits per heavy atom. The topological polar surface area (TPSA) is 60.2 Å². The number of aliphatic hydroxyl groups is 1. The second-order valence-corrected chi connectivity index (χ2v) is 5.67. The first-order chi connectivity index (χ1) is 9.59. The van der Waals surface area contributed by atoms with Crippen molar-refractivity contribution in [3.05, 3.63) is 46.5 Å². The summed E-state index contributed by atoms with van der Waals surface area (Å²) in [6.45, 7) is 0.436. The summed E-state index contributed by atoms with van der Waals surface area (Å²) in [6.07, 6.45) is 3.47. The van der Waals surface area contributed by atoms with Gasteiger partial charge in [-0.2, -0.15) is 5.10 Å². The highest BCUT2D eigenvalue weighted by Gasteiger charge is 2.43. The maximum absolute atomic E-state index is 9.76. The van der Waals surface area contributed by atoms with Gasteiger partial charge in [0, 0.05) is 22.0 Å². The largest absolute Gasteiger partial charge is 0.368 e. The van der Waals surface area contributed by atoms with E-state index in [-0.39, 0.29) is 0 Å². The third kappa shape index (κ3) is 2.54. The minimum atomic E-state index is -0.801. The van der Waals surface area contributed by atoms with Gasteiger partial charge in [-0.25, -0.2) is 9.67 Å². The first-order valence-electron chi connectivity index (χ1n) is 6.23. The number of aromatic nitrogens is 3. The molecule has 0 aliphatic carbocycles. The molecule has 0 amide bonds. The number of benzene rings is 1. The lowest BCUT2D eigenvalue weighted by atomic mass is 10.1. The molecular weight excluding hydrogens is 313 g/mol. The molecule has 0 saturated carbocycles. The van der Waals surface area contributed by atoms with E-state index in [1.807, 2.05) is 6.07 Å². The van der Waals surface area contributed by atoms with E-state index in [2.05, 4.69) is 10.1 Å². The molecule has 5 nitrogen and oxygen atoms in total. The number of rotatable bonds is 3. The standard InChI is InChI=1S/C13H13Cl2N3O2/c14-9-1-2-10(11(15)5-9)13(4-3-12(19)20-13)6-18-8-16-7-17-18/h1-2,5,7-8,12,19H,3-4,6H2/i1+2,2+2,5+2,9+2,10+2,11+2. The van der Waals surface area contributed by atoms with E-state index in [0.29, 0.717) is 29.4 Å². The molecule has 1 aromatic carbocycles. The third-order valence-corrected chi connectivity index (χ3v) is 4.01. The molecule has 2 unspecified atom stereocenters. The summed E-state index contributed by atoms with van der Waals surface area (Å²) in [7, 11) is 0. The quantitative estimate of drug-likeness (QED) is 0.942. The molecule has 2 heterocycles. The van der Waals surface area contributed by atoms with Crippen molar-refractivity contribution in [1.29, 1.82) is 0 Å². The second-order valence-electron chi connectivity index (χ2n) is 4.82. The zero-order chi connectivity index (χ0) is 14.2. The molecule has 1 aliphatic rings. The fourth-order valence-corrected chi connectivity index (χ4v) is 3.15. The van der Waals surface area contributed by atoms with Gasteiger partial charge in [0.05, 0.1) is 6.54 Å². The van der Waals surface area contributed by atoms with Gasteiger partial charge in [-0.3, -0.25) is 0 Å². The van der Waals surface area contributed by atoms with Crippen LogP contribution in [0.4, 0.5) is 0 Å². The highest BCUT2D eigenvalue weighted by molar-refractivity contribution is 6.35.